The molecule has 162 valence electrons. The third-order valence-electron chi connectivity index (χ3n) is 4.66. The van der Waals surface area contributed by atoms with Crippen molar-refractivity contribution in [3.63, 3.8) is 0 Å². The fraction of sp³-hybridized carbons (Fsp3) is 0.417. The second kappa shape index (κ2) is 12.2. The van der Waals surface area contributed by atoms with E-state index in [4.69, 9.17) is 16.3 Å². The minimum Gasteiger partial charge on any atom is -0.494 e. The maximum atomic E-state index is 13.0. The molecule has 1 N–H and O–H groups in total. The van der Waals surface area contributed by atoms with E-state index < -0.39 is 6.04 Å². The fourth-order valence-electron chi connectivity index (χ4n) is 2.90. The monoisotopic (exact) mass is 430 g/mol. The van der Waals surface area contributed by atoms with Crippen molar-refractivity contribution in [1.29, 1.82) is 0 Å². The first-order valence-corrected chi connectivity index (χ1v) is 10.7. The lowest BCUT2D eigenvalue weighted by atomic mass is 10.1. The van der Waals surface area contributed by atoms with Gasteiger partial charge in [-0.25, -0.2) is 0 Å². The van der Waals surface area contributed by atoms with Crippen LogP contribution in [0.15, 0.2) is 54.6 Å². The summed E-state index contributed by atoms with van der Waals surface area (Å²) in [5, 5.41) is 3.56. The Kier molecular flexibility index (Phi) is 9.68. The Morgan fingerprint density at radius 2 is 1.70 bits per heavy atom. The van der Waals surface area contributed by atoms with Gasteiger partial charge in [-0.1, -0.05) is 55.8 Å². The van der Waals surface area contributed by atoms with Crippen LogP contribution in [0.1, 0.15) is 39.2 Å². The Bertz CT molecular complexity index is 794. The lowest BCUT2D eigenvalue weighted by Gasteiger charge is -2.29. The number of para-hydroxylation sites is 1. The summed E-state index contributed by atoms with van der Waals surface area (Å²) >= 11 is 5.97. The first kappa shape index (κ1) is 23.7. The minimum atomic E-state index is -0.568. The molecule has 2 aromatic carbocycles. The standard InChI is InChI=1S/C24H31ClN2O3/c1-18(2)16-26-24(29)19(3)27(17-20-11-13-21(25)14-12-20)23(28)10-7-15-30-22-8-5-4-6-9-22/h4-6,8-9,11-14,18-19H,7,10,15-17H2,1-3H3,(H,26,29)/t19-/m0/s1. The van der Waals surface area contributed by atoms with E-state index in [9.17, 15) is 9.59 Å². The molecule has 0 aliphatic heterocycles. The van der Waals surface area contributed by atoms with Gasteiger partial charge in [0.1, 0.15) is 11.8 Å². The highest BCUT2D eigenvalue weighted by Gasteiger charge is 2.25. The zero-order valence-electron chi connectivity index (χ0n) is 17.9. The van der Waals surface area contributed by atoms with E-state index in [1.165, 1.54) is 0 Å². The molecule has 0 radical (unpaired) electrons. The van der Waals surface area contributed by atoms with Gasteiger partial charge in [-0.3, -0.25) is 9.59 Å². The van der Waals surface area contributed by atoms with Gasteiger partial charge in [0, 0.05) is 24.5 Å². The Hall–Kier alpha value is -2.53. The van der Waals surface area contributed by atoms with Crippen molar-refractivity contribution in [3.05, 3.63) is 65.2 Å². The number of hydrogen-bond acceptors (Lipinski definition) is 3. The number of rotatable bonds is 11. The third-order valence-corrected chi connectivity index (χ3v) is 4.92. The minimum absolute atomic E-state index is 0.0752. The van der Waals surface area contributed by atoms with E-state index >= 15 is 0 Å². The molecule has 0 fully saturated rings. The topological polar surface area (TPSA) is 58.6 Å². The number of carbonyl (C=O) groups is 2. The molecule has 0 unspecified atom stereocenters. The molecular formula is C24H31ClN2O3. The predicted molar refractivity (Wildman–Crippen MR) is 120 cm³/mol. The highest BCUT2D eigenvalue weighted by Crippen LogP contribution is 2.15. The van der Waals surface area contributed by atoms with Crippen LogP contribution < -0.4 is 10.1 Å². The van der Waals surface area contributed by atoms with Crippen molar-refractivity contribution < 1.29 is 14.3 Å². The van der Waals surface area contributed by atoms with Gasteiger partial charge in [-0.15, -0.1) is 0 Å². The van der Waals surface area contributed by atoms with Crippen molar-refractivity contribution in [2.45, 2.75) is 46.2 Å². The molecule has 0 aliphatic carbocycles. The summed E-state index contributed by atoms with van der Waals surface area (Å²) in [7, 11) is 0. The van der Waals surface area contributed by atoms with Gasteiger partial charge in [0.25, 0.3) is 0 Å². The number of hydrogen-bond donors (Lipinski definition) is 1. The van der Waals surface area contributed by atoms with E-state index in [-0.39, 0.29) is 11.8 Å². The second-order valence-electron chi connectivity index (χ2n) is 7.73. The number of nitrogens with zero attached hydrogens (tertiary/aromatic N) is 1. The van der Waals surface area contributed by atoms with Gasteiger partial charge in [-0.05, 0) is 49.1 Å². The highest BCUT2D eigenvalue weighted by molar-refractivity contribution is 6.30. The molecule has 6 heteroatoms. The van der Waals surface area contributed by atoms with E-state index in [1.807, 2.05) is 56.3 Å². The molecule has 0 bridgehead atoms. The van der Waals surface area contributed by atoms with Crippen molar-refractivity contribution in [3.8, 4) is 5.75 Å². The predicted octanol–water partition coefficient (Wildman–Crippen LogP) is 4.69. The van der Waals surface area contributed by atoms with Crippen molar-refractivity contribution in [2.75, 3.05) is 13.2 Å². The van der Waals surface area contributed by atoms with Crippen LogP contribution in [0.3, 0.4) is 0 Å². The zero-order chi connectivity index (χ0) is 21.9. The van der Waals surface area contributed by atoms with Crippen LogP contribution in [-0.4, -0.2) is 35.9 Å². The smallest absolute Gasteiger partial charge is 0.242 e. The Labute approximate surface area is 184 Å². The molecule has 2 rings (SSSR count). The lowest BCUT2D eigenvalue weighted by Crippen LogP contribution is -2.48. The SMILES string of the molecule is CC(C)CNC(=O)[C@H](C)N(Cc1ccc(Cl)cc1)C(=O)CCCOc1ccccc1. The van der Waals surface area contributed by atoms with Gasteiger partial charge in [0.2, 0.25) is 11.8 Å². The summed E-state index contributed by atoms with van der Waals surface area (Å²) in [5.74, 6) is 0.904. The number of ether oxygens (including phenoxy) is 1. The van der Waals surface area contributed by atoms with Crippen LogP contribution in [0.2, 0.25) is 5.02 Å². The molecule has 0 spiro atoms. The van der Waals surface area contributed by atoms with Gasteiger partial charge >= 0.3 is 0 Å². The normalized spacial score (nSPS) is 11.8. The van der Waals surface area contributed by atoms with Crippen LogP contribution in [0.25, 0.3) is 0 Å². The second-order valence-corrected chi connectivity index (χ2v) is 8.16. The molecule has 0 heterocycles. The molecule has 0 saturated carbocycles. The first-order valence-electron chi connectivity index (χ1n) is 10.4. The molecular weight excluding hydrogens is 400 g/mol. The molecule has 1 atom stereocenters. The summed E-state index contributed by atoms with van der Waals surface area (Å²) in [6.07, 6.45) is 0.882. The summed E-state index contributed by atoms with van der Waals surface area (Å²) in [4.78, 5) is 27.2. The molecule has 2 amide bonds. The van der Waals surface area contributed by atoms with E-state index in [0.29, 0.717) is 43.5 Å². The van der Waals surface area contributed by atoms with Crippen LogP contribution in [0, 0.1) is 5.92 Å². The number of amides is 2. The average molecular weight is 431 g/mol. The summed E-state index contributed by atoms with van der Waals surface area (Å²) in [6.45, 7) is 7.22. The summed E-state index contributed by atoms with van der Waals surface area (Å²) < 4.78 is 5.68. The number of nitrogens with one attached hydrogen (secondary N) is 1. The first-order chi connectivity index (χ1) is 14.4. The lowest BCUT2D eigenvalue weighted by molar-refractivity contribution is -0.140. The molecule has 0 aliphatic rings. The van der Waals surface area contributed by atoms with Crippen LogP contribution in [-0.2, 0) is 16.1 Å². The molecule has 2 aromatic rings. The quantitative estimate of drug-likeness (QED) is 0.526. The van der Waals surface area contributed by atoms with Gasteiger partial charge in [-0.2, -0.15) is 0 Å². The van der Waals surface area contributed by atoms with Crippen molar-refractivity contribution in [2.24, 2.45) is 5.92 Å². The summed E-state index contributed by atoms with van der Waals surface area (Å²) in [6, 6.07) is 16.3. The maximum absolute atomic E-state index is 13.0. The molecule has 30 heavy (non-hydrogen) atoms. The Balaban J connectivity index is 1.98. The number of benzene rings is 2. The van der Waals surface area contributed by atoms with E-state index in [0.717, 1.165) is 11.3 Å². The third kappa shape index (κ3) is 8.07. The largest absolute Gasteiger partial charge is 0.494 e. The maximum Gasteiger partial charge on any atom is 0.242 e. The molecule has 5 nitrogen and oxygen atoms in total. The van der Waals surface area contributed by atoms with Gasteiger partial charge < -0.3 is 15.0 Å². The van der Waals surface area contributed by atoms with E-state index in [1.54, 1.807) is 24.0 Å². The van der Waals surface area contributed by atoms with Crippen molar-refractivity contribution >= 4 is 23.4 Å². The zero-order valence-corrected chi connectivity index (χ0v) is 18.7. The van der Waals surface area contributed by atoms with Crippen LogP contribution in [0.4, 0.5) is 0 Å². The molecule has 0 saturated heterocycles. The van der Waals surface area contributed by atoms with Crippen LogP contribution in [0.5, 0.6) is 5.75 Å². The molecule has 0 aromatic heterocycles. The highest BCUT2D eigenvalue weighted by atomic mass is 35.5. The average Bonchev–Trinajstić information content (AvgIpc) is 2.74. The van der Waals surface area contributed by atoms with Crippen molar-refractivity contribution in [1.82, 2.24) is 10.2 Å². The van der Waals surface area contributed by atoms with Gasteiger partial charge in [0.05, 0.1) is 6.61 Å². The number of carbonyl (C=O) groups excluding carboxylic acids is 2. The van der Waals surface area contributed by atoms with Gasteiger partial charge in [0.15, 0.2) is 0 Å². The summed E-state index contributed by atoms with van der Waals surface area (Å²) in [5.41, 5.74) is 0.928. The fourth-order valence-corrected chi connectivity index (χ4v) is 3.02. The Morgan fingerprint density at radius 3 is 2.33 bits per heavy atom. The number of halogens is 1. The van der Waals surface area contributed by atoms with E-state index in [2.05, 4.69) is 5.32 Å². The van der Waals surface area contributed by atoms with Crippen LogP contribution >= 0.6 is 11.6 Å². The Morgan fingerprint density at radius 1 is 1.03 bits per heavy atom.